The van der Waals surface area contributed by atoms with E-state index in [-0.39, 0.29) is 5.57 Å². The number of nitriles is 1. The van der Waals surface area contributed by atoms with Gasteiger partial charge in [0, 0.05) is 11.8 Å². The lowest BCUT2D eigenvalue weighted by Crippen LogP contribution is -2.13. The van der Waals surface area contributed by atoms with Crippen LogP contribution < -0.4 is 19.5 Å². The van der Waals surface area contributed by atoms with Gasteiger partial charge in [0.15, 0.2) is 11.5 Å². The van der Waals surface area contributed by atoms with E-state index in [9.17, 15) is 10.1 Å². The van der Waals surface area contributed by atoms with Crippen molar-refractivity contribution in [2.45, 2.75) is 20.5 Å². The molecule has 0 saturated heterocycles. The highest BCUT2D eigenvalue weighted by Crippen LogP contribution is 2.38. The summed E-state index contributed by atoms with van der Waals surface area (Å²) in [5.41, 5.74) is 2.16. The van der Waals surface area contributed by atoms with Gasteiger partial charge in [0.25, 0.3) is 5.91 Å². The summed E-state index contributed by atoms with van der Waals surface area (Å²) in [6.45, 7) is 5.05. The molecule has 0 spiro atoms. The number of amides is 1. The fourth-order valence-electron chi connectivity index (χ4n) is 3.99. The highest BCUT2D eigenvalue weighted by molar-refractivity contribution is 9.10. The minimum absolute atomic E-state index is 0.0504. The number of fused-ring (bicyclic) bond motifs is 1. The Hall–Kier alpha value is -4.28. The summed E-state index contributed by atoms with van der Waals surface area (Å²) >= 11 is 3.59. The second-order valence-electron chi connectivity index (χ2n) is 8.27. The van der Waals surface area contributed by atoms with E-state index >= 15 is 0 Å². The SMILES string of the molecule is CCOc1cccc(NC(=O)/C(C#N)=C/c2cc(Br)c(OCc3cccc4ccccc34)c(OCC)c2)c1. The Morgan fingerprint density at radius 1 is 0.947 bits per heavy atom. The molecule has 38 heavy (non-hydrogen) atoms. The normalized spacial score (nSPS) is 11.1. The molecule has 6 nitrogen and oxygen atoms in total. The van der Waals surface area contributed by atoms with Crippen LogP contribution in [0.3, 0.4) is 0 Å². The molecule has 4 aromatic carbocycles. The van der Waals surface area contributed by atoms with Gasteiger partial charge in [-0.05, 0) is 82.0 Å². The Kier molecular flexibility index (Phi) is 9.02. The molecule has 0 aliphatic heterocycles. The molecule has 4 aromatic rings. The van der Waals surface area contributed by atoms with E-state index in [1.165, 1.54) is 6.08 Å². The lowest BCUT2D eigenvalue weighted by atomic mass is 10.1. The molecule has 0 aliphatic rings. The molecule has 7 heteroatoms. The maximum Gasteiger partial charge on any atom is 0.266 e. The first-order valence-corrected chi connectivity index (χ1v) is 13.0. The van der Waals surface area contributed by atoms with Gasteiger partial charge in [-0.2, -0.15) is 5.26 Å². The van der Waals surface area contributed by atoms with E-state index < -0.39 is 5.91 Å². The summed E-state index contributed by atoms with van der Waals surface area (Å²) in [5, 5.41) is 14.7. The number of anilines is 1. The van der Waals surface area contributed by atoms with Crippen LogP contribution in [0.5, 0.6) is 17.2 Å². The van der Waals surface area contributed by atoms with Crippen molar-refractivity contribution in [3.8, 4) is 23.3 Å². The lowest BCUT2D eigenvalue weighted by molar-refractivity contribution is -0.112. The van der Waals surface area contributed by atoms with Crippen molar-refractivity contribution in [3.05, 3.63) is 100 Å². The lowest BCUT2D eigenvalue weighted by Gasteiger charge is -2.16. The van der Waals surface area contributed by atoms with E-state index in [0.29, 0.717) is 52.8 Å². The van der Waals surface area contributed by atoms with E-state index in [1.807, 2.05) is 44.2 Å². The number of rotatable bonds is 10. The molecule has 0 unspecified atom stereocenters. The van der Waals surface area contributed by atoms with Crippen LogP contribution in [0, 0.1) is 11.3 Å². The van der Waals surface area contributed by atoms with Gasteiger partial charge in [-0.1, -0.05) is 48.5 Å². The smallest absolute Gasteiger partial charge is 0.266 e. The number of hydrogen-bond donors (Lipinski definition) is 1. The molecule has 192 valence electrons. The Morgan fingerprint density at radius 2 is 1.71 bits per heavy atom. The van der Waals surface area contributed by atoms with E-state index in [4.69, 9.17) is 14.2 Å². The summed E-state index contributed by atoms with van der Waals surface area (Å²) in [6, 6.07) is 26.8. The number of benzene rings is 4. The third-order valence-corrected chi connectivity index (χ3v) is 6.25. The van der Waals surface area contributed by atoms with Gasteiger partial charge in [0.2, 0.25) is 0 Å². The van der Waals surface area contributed by atoms with Crippen molar-refractivity contribution >= 4 is 44.4 Å². The van der Waals surface area contributed by atoms with Crippen LogP contribution in [0.1, 0.15) is 25.0 Å². The maximum absolute atomic E-state index is 12.8. The van der Waals surface area contributed by atoms with Crippen molar-refractivity contribution in [1.29, 1.82) is 5.26 Å². The zero-order chi connectivity index (χ0) is 26.9. The first-order valence-electron chi connectivity index (χ1n) is 12.2. The predicted molar refractivity (Wildman–Crippen MR) is 153 cm³/mol. The summed E-state index contributed by atoms with van der Waals surface area (Å²) in [6.07, 6.45) is 1.52. The zero-order valence-corrected chi connectivity index (χ0v) is 22.7. The molecular formula is C31H27BrN2O4. The average molecular weight is 571 g/mol. The van der Waals surface area contributed by atoms with Gasteiger partial charge in [0.05, 0.1) is 17.7 Å². The second-order valence-corrected chi connectivity index (χ2v) is 9.13. The summed E-state index contributed by atoms with van der Waals surface area (Å²) in [7, 11) is 0. The average Bonchev–Trinajstić information content (AvgIpc) is 2.92. The van der Waals surface area contributed by atoms with Gasteiger partial charge < -0.3 is 19.5 Å². The van der Waals surface area contributed by atoms with Gasteiger partial charge in [-0.3, -0.25) is 4.79 Å². The van der Waals surface area contributed by atoms with Crippen LogP contribution in [0.2, 0.25) is 0 Å². The number of ether oxygens (including phenoxy) is 3. The van der Waals surface area contributed by atoms with E-state index in [1.54, 1.807) is 36.4 Å². The van der Waals surface area contributed by atoms with Gasteiger partial charge in [-0.25, -0.2) is 0 Å². The highest BCUT2D eigenvalue weighted by Gasteiger charge is 2.15. The number of carbonyl (C=O) groups is 1. The van der Waals surface area contributed by atoms with E-state index in [0.717, 1.165) is 16.3 Å². The van der Waals surface area contributed by atoms with Crippen LogP contribution in [0.15, 0.2) is 88.9 Å². The van der Waals surface area contributed by atoms with Crippen LogP contribution in [-0.2, 0) is 11.4 Å². The molecule has 0 bridgehead atoms. The van der Waals surface area contributed by atoms with Gasteiger partial charge >= 0.3 is 0 Å². The fraction of sp³-hybridized carbons (Fsp3) is 0.161. The monoisotopic (exact) mass is 570 g/mol. The molecule has 1 N–H and O–H groups in total. The number of hydrogen-bond acceptors (Lipinski definition) is 5. The van der Waals surface area contributed by atoms with Crippen molar-refractivity contribution in [3.63, 3.8) is 0 Å². The molecule has 4 rings (SSSR count). The third-order valence-electron chi connectivity index (χ3n) is 5.66. The summed E-state index contributed by atoms with van der Waals surface area (Å²) in [5.74, 6) is 1.17. The minimum Gasteiger partial charge on any atom is -0.494 e. The zero-order valence-electron chi connectivity index (χ0n) is 21.2. The molecule has 0 radical (unpaired) electrons. The molecule has 0 atom stereocenters. The van der Waals surface area contributed by atoms with Crippen LogP contribution in [-0.4, -0.2) is 19.1 Å². The summed E-state index contributed by atoms with van der Waals surface area (Å²) < 4.78 is 18.2. The molecule has 0 saturated carbocycles. The van der Waals surface area contributed by atoms with Crippen LogP contribution >= 0.6 is 15.9 Å². The molecular weight excluding hydrogens is 544 g/mol. The Morgan fingerprint density at radius 3 is 2.50 bits per heavy atom. The van der Waals surface area contributed by atoms with Crippen molar-refractivity contribution in [2.24, 2.45) is 0 Å². The minimum atomic E-state index is -0.522. The quantitative estimate of drug-likeness (QED) is 0.157. The number of nitrogens with one attached hydrogen (secondary N) is 1. The number of halogens is 1. The molecule has 0 aliphatic carbocycles. The van der Waals surface area contributed by atoms with Gasteiger partial charge in [0.1, 0.15) is 24.0 Å². The molecule has 0 aromatic heterocycles. The van der Waals surface area contributed by atoms with Crippen molar-refractivity contribution < 1.29 is 19.0 Å². The van der Waals surface area contributed by atoms with E-state index in [2.05, 4.69) is 39.4 Å². The Bertz CT molecular complexity index is 1520. The highest BCUT2D eigenvalue weighted by atomic mass is 79.9. The largest absolute Gasteiger partial charge is 0.494 e. The first kappa shape index (κ1) is 26.8. The maximum atomic E-state index is 12.8. The third kappa shape index (κ3) is 6.53. The molecule has 0 fully saturated rings. The number of nitrogens with zero attached hydrogens (tertiary/aromatic N) is 1. The molecule has 0 heterocycles. The predicted octanol–water partition coefficient (Wildman–Crippen LogP) is 7.52. The first-order chi connectivity index (χ1) is 18.5. The van der Waals surface area contributed by atoms with Crippen molar-refractivity contribution in [2.75, 3.05) is 18.5 Å². The van der Waals surface area contributed by atoms with Crippen LogP contribution in [0.25, 0.3) is 16.8 Å². The summed E-state index contributed by atoms with van der Waals surface area (Å²) in [4.78, 5) is 12.8. The second kappa shape index (κ2) is 12.8. The van der Waals surface area contributed by atoms with Crippen LogP contribution in [0.4, 0.5) is 5.69 Å². The fourth-order valence-corrected chi connectivity index (χ4v) is 4.56. The standard InChI is InChI=1S/C31H27BrN2O4/c1-3-36-26-13-8-12-25(18-26)34-31(35)24(19-33)15-21-16-28(32)30(29(17-21)37-4-2)38-20-23-11-7-10-22-9-5-6-14-27(22)23/h5-18H,3-4,20H2,1-2H3,(H,34,35)/b24-15+. The van der Waals surface area contributed by atoms with Gasteiger partial charge in [-0.15, -0.1) is 0 Å². The Balaban J connectivity index is 1.57. The number of carbonyl (C=O) groups excluding carboxylic acids is 1. The Labute approximate surface area is 230 Å². The topological polar surface area (TPSA) is 80.6 Å². The van der Waals surface area contributed by atoms with Crippen molar-refractivity contribution in [1.82, 2.24) is 0 Å². The molecule has 1 amide bonds.